The molecule has 0 spiro atoms. The molecule has 1 saturated heterocycles. The first-order chi connectivity index (χ1) is 22.0. The molecule has 5 amide bonds. The fourth-order valence-electron chi connectivity index (χ4n) is 4.37. The van der Waals surface area contributed by atoms with Crippen molar-refractivity contribution in [1.82, 2.24) is 15.1 Å². The Balaban J connectivity index is 1.13. The van der Waals surface area contributed by atoms with E-state index in [1.165, 1.54) is 17.0 Å². The second-order valence-corrected chi connectivity index (χ2v) is 11.5. The number of likely N-dealkylation sites (N-methyl/N-ethyl adjacent to an activating group) is 1. The van der Waals surface area contributed by atoms with Gasteiger partial charge in [0.15, 0.2) is 0 Å². The number of rotatable bonds is 20. The van der Waals surface area contributed by atoms with E-state index in [0.717, 1.165) is 4.90 Å². The summed E-state index contributed by atoms with van der Waals surface area (Å²) in [7, 11) is 1.66. The van der Waals surface area contributed by atoms with E-state index in [1.807, 2.05) is 20.8 Å². The van der Waals surface area contributed by atoms with Gasteiger partial charge in [0.25, 0.3) is 11.8 Å². The number of benzene rings is 1. The van der Waals surface area contributed by atoms with Crippen LogP contribution in [0.15, 0.2) is 18.2 Å². The van der Waals surface area contributed by atoms with Gasteiger partial charge in [-0.25, -0.2) is 4.79 Å². The summed E-state index contributed by atoms with van der Waals surface area (Å²) in [5, 5.41) is 2.17. The molecular weight excluding hydrogens is 606 g/mol. The molecule has 0 aliphatic carbocycles. The second-order valence-electron chi connectivity index (χ2n) is 11.5. The van der Waals surface area contributed by atoms with Crippen molar-refractivity contribution in [2.24, 2.45) is 0 Å². The van der Waals surface area contributed by atoms with Gasteiger partial charge in [0.1, 0.15) is 24.0 Å². The first kappa shape index (κ1) is 36.8. The van der Waals surface area contributed by atoms with Crippen molar-refractivity contribution in [3.05, 3.63) is 29.3 Å². The maximum Gasteiger partial charge on any atom is 0.410 e. The standard InChI is InChI=1S/C31H45N3O12/c1-31(2,3)46-30(39)33(4)9-10-40-11-12-41-13-14-42-15-16-43-17-18-44-19-20-45-22-5-6-23-24(21-22)29(38)34(28(23)37)25-7-8-26(35)32-27(25)36/h5-6,21,25H,7-20H2,1-4H3,(H,32,35,36). The molecule has 1 unspecified atom stereocenters. The average Bonchev–Trinajstić information content (AvgIpc) is 3.24. The molecule has 0 saturated carbocycles. The number of hydrogen-bond acceptors (Lipinski definition) is 12. The van der Waals surface area contributed by atoms with Gasteiger partial charge in [-0.2, -0.15) is 0 Å². The smallest absolute Gasteiger partial charge is 0.410 e. The number of amides is 5. The molecule has 46 heavy (non-hydrogen) atoms. The van der Waals surface area contributed by atoms with Crippen LogP contribution < -0.4 is 10.1 Å². The molecule has 3 rings (SSSR count). The van der Waals surface area contributed by atoms with E-state index in [0.29, 0.717) is 71.8 Å². The second kappa shape index (κ2) is 18.5. The number of nitrogens with zero attached hydrogens (tertiary/aromatic N) is 2. The molecule has 15 heteroatoms. The average molecular weight is 652 g/mol. The Morgan fingerprint density at radius 3 is 1.87 bits per heavy atom. The third-order valence-electron chi connectivity index (χ3n) is 6.67. The minimum Gasteiger partial charge on any atom is -0.491 e. The highest BCUT2D eigenvalue weighted by Gasteiger charge is 2.44. The number of nitrogens with one attached hydrogen (secondary N) is 1. The number of carbonyl (C=O) groups excluding carboxylic acids is 5. The summed E-state index contributed by atoms with van der Waals surface area (Å²) < 4.78 is 38.3. The maximum absolute atomic E-state index is 12.9. The topological polar surface area (TPSA) is 168 Å². The fourth-order valence-corrected chi connectivity index (χ4v) is 4.37. The summed E-state index contributed by atoms with van der Waals surface area (Å²) in [5.74, 6) is -1.84. The first-order valence-electron chi connectivity index (χ1n) is 15.3. The number of piperidine rings is 1. The van der Waals surface area contributed by atoms with Gasteiger partial charge in [0, 0.05) is 20.0 Å². The lowest BCUT2D eigenvalue weighted by Gasteiger charge is -2.27. The van der Waals surface area contributed by atoms with E-state index >= 15 is 0 Å². The summed E-state index contributed by atoms with van der Waals surface area (Å²) in [4.78, 5) is 63.5. The monoisotopic (exact) mass is 651 g/mol. The lowest BCUT2D eigenvalue weighted by atomic mass is 10.0. The molecule has 15 nitrogen and oxygen atoms in total. The normalized spacial score (nSPS) is 16.4. The highest BCUT2D eigenvalue weighted by molar-refractivity contribution is 6.23. The highest BCUT2D eigenvalue weighted by atomic mass is 16.6. The van der Waals surface area contributed by atoms with Crippen molar-refractivity contribution < 1.29 is 57.1 Å². The molecule has 1 fully saturated rings. The number of fused-ring (bicyclic) bond motifs is 1. The highest BCUT2D eigenvalue weighted by Crippen LogP contribution is 2.30. The van der Waals surface area contributed by atoms with Crippen LogP contribution in [0.1, 0.15) is 54.3 Å². The molecule has 1 atom stereocenters. The van der Waals surface area contributed by atoms with Crippen molar-refractivity contribution in [2.75, 3.05) is 86.3 Å². The van der Waals surface area contributed by atoms with E-state index in [2.05, 4.69) is 5.32 Å². The molecule has 0 radical (unpaired) electrons. The van der Waals surface area contributed by atoms with Crippen LogP contribution in [0.2, 0.25) is 0 Å². The molecular formula is C31H45N3O12. The lowest BCUT2D eigenvalue weighted by Crippen LogP contribution is -2.54. The van der Waals surface area contributed by atoms with Gasteiger partial charge in [0.05, 0.1) is 77.2 Å². The third-order valence-corrected chi connectivity index (χ3v) is 6.67. The Labute approximate surface area is 268 Å². The molecule has 256 valence electrons. The Hall–Kier alpha value is -3.63. The number of ether oxygens (including phenoxy) is 7. The minimum absolute atomic E-state index is 0.0606. The largest absolute Gasteiger partial charge is 0.491 e. The van der Waals surface area contributed by atoms with Gasteiger partial charge in [0.2, 0.25) is 11.8 Å². The van der Waals surface area contributed by atoms with Crippen molar-refractivity contribution >= 4 is 29.7 Å². The lowest BCUT2D eigenvalue weighted by molar-refractivity contribution is -0.136. The van der Waals surface area contributed by atoms with Gasteiger partial charge < -0.3 is 38.1 Å². The van der Waals surface area contributed by atoms with E-state index in [9.17, 15) is 24.0 Å². The van der Waals surface area contributed by atoms with E-state index in [-0.39, 0.29) is 43.3 Å². The zero-order chi connectivity index (χ0) is 33.5. The predicted molar refractivity (Wildman–Crippen MR) is 162 cm³/mol. The van der Waals surface area contributed by atoms with Crippen molar-refractivity contribution in [1.29, 1.82) is 0 Å². The fraction of sp³-hybridized carbons (Fsp3) is 0.645. The zero-order valence-corrected chi connectivity index (χ0v) is 27.0. The van der Waals surface area contributed by atoms with E-state index < -0.39 is 35.3 Å². The summed E-state index contributed by atoms with van der Waals surface area (Å²) >= 11 is 0. The quantitative estimate of drug-likeness (QED) is 0.159. The first-order valence-corrected chi connectivity index (χ1v) is 15.3. The van der Waals surface area contributed by atoms with Gasteiger partial charge in [-0.3, -0.25) is 29.4 Å². The SMILES string of the molecule is CN(CCOCCOCCOCCOCCOCCOc1ccc2c(c1)C(=O)N(C1CCC(=O)NC1=O)C2=O)C(=O)OC(C)(C)C. The van der Waals surface area contributed by atoms with E-state index in [4.69, 9.17) is 33.2 Å². The molecule has 0 bridgehead atoms. The molecule has 1 N–H and O–H groups in total. The van der Waals surface area contributed by atoms with Crippen LogP contribution in [0.3, 0.4) is 0 Å². The molecule has 2 aliphatic rings. The Morgan fingerprint density at radius 2 is 1.33 bits per heavy atom. The maximum atomic E-state index is 12.9. The Bertz CT molecular complexity index is 1200. The van der Waals surface area contributed by atoms with Crippen LogP contribution >= 0.6 is 0 Å². The van der Waals surface area contributed by atoms with Gasteiger partial charge in [-0.15, -0.1) is 0 Å². The van der Waals surface area contributed by atoms with Crippen LogP contribution in [0.4, 0.5) is 4.79 Å². The summed E-state index contributed by atoms with van der Waals surface area (Å²) in [6.07, 6.45) is -0.228. The summed E-state index contributed by atoms with van der Waals surface area (Å²) in [6.45, 7) is 10.0. The zero-order valence-electron chi connectivity index (χ0n) is 27.0. The molecule has 2 heterocycles. The summed E-state index contributed by atoms with van der Waals surface area (Å²) in [5.41, 5.74) is -0.186. The van der Waals surface area contributed by atoms with Crippen LogP contribution in [-0.2, 0) is 38.0 Å². The minimum atomic E-state index is -1.01. The molecule has 1 aromatic rings. The van der Waals surface area contributed by atoms with Crippen LogP contribution in [0.25, 0.3) is 0 Å². The van der Waals surface area contributed by atoms with Gasteiger partial charge in [-0.05, 0) is 45.4 Å². The number of imide groups is 2. The van der Waals surface area contributed by atoms with Crippen LogP contribution in [0.5, 0.6) is 5.75 Å². The Morgan fingerprint density at radius 1 is 0.804 bits per heavy atom. The van der Waals surface area contributed by atoms with Crippen molar-refractivity contribution in [2.45, 2.75) is 45.3 Å². The van der Waals surface area contributed by atoms with Gasteiger partial charge >= 0.3 is 6.09 Å². The van der Waals surface area contributed by atoms with Crippen LogP contribution in [0, 0.1) is 0 Å². The molecule has 2 aliphatic heterocycles. The predicted octanol–water partition coefficient (Wildman–Crippen LogP) is 1.42. The van der Waals surface area contributed by atoms with Gasteiger partial charge in [-0.1, -0.05) is 0 Å². The van der Waals surface area contributed by atoms with Crippen molar-refractivity contribution in [3.63, 3.8) is 0 Å². The number of hydrogen-bond donors (Lipinski definition) is 1. The molecule has 0 aromatic heterocycles. The summed E-state index contributed by atoms with van der Waals surface area (Å²) in [6, 6.07) is 3.53. The Kier molecular flexibility index (Phi) is 14.8. The third kappa shape index (κ3) is 11.9. The van der Waals surface area contributed by atoms with Crippen LogP contribution in [-0.4, -0.2) is 137 Å². The number of carbonyl (C=O) groups is 5. The van der Waals surface area contributed by atoms with Crippen molar-refractivity contribution in [3.8, 4) is 5.75 Å². The van der Waals surface area contributed by atoms with E-state index in [1.54, 1.807) is 13.1 Å². The molecule has 1 aromatic carbocycles.